The summed E-state index contributed by atoms with van der Waals surface area (Å²) in [5, 5.41) is 2.91. The summed E-state index contributed by atoms with van der Waals surface area (Å²) in [6.45, 7) is 0. The third-order valence-electron chi connectivity index (χ3n) is 3.84. The number of aliphatic imine (C=N–C) groups is 1. The fourth-order valence-corrected chi connectivity index (χ4v) is 2.43. The second kappa shape index (κ2) is 6.57. The van der Waals surface area contributed by atoms with Gasteiger partial charge in [0.1, 0.15) is 18.0 Å². The van der Waals surface area contributed by atoms with Gasteiger partial charge < -0.3 is 11.1 Å². The molecule has 122 valence electrons. The summed E-state index contributed by atoms with van der Waals surface area (Å²) in [5.74, 6) is -0.761. The van der Waals surface area contributed by atoms with E-state index in [9.17, 15) is 9.18 Å². The molecule has 1 aliphatic rings. The molecule has 6 nitrogen and oxygen atoms in total. The SMILES string of the molecule is NC(/C=C\Nc1cncnc1)=NC(=O)C1(c2ccccc2F)CC1. The molecule has 1 saturated carbocycles. The lowest BCUT2D eigenvalue weighted by Crippen LogP contribution is -2.23. The average Bonchev–Trinajstić information content (AvgIpc) is 3.38. The summed E-state index contributed by atoms with van der Waals surface area (Å²) in [7, 11) is 0. The van der Waals surface area contributed by atoms with E-state index in [4.69, 9.17) is 5.73 Å². The van der Waals surface area contributed by atoms with Crippen molar-refractivity contribution in [1.82, 2.24) is 9.97 Å². The zero-order chi connectivity index (χ0) is 17.0. The summed E-state index contributed by atoms with van der Waals surface area (Å²) < 4.78 is 13.9. The van der Waals surface area contributed by atoms with Crippen molar-refractivity contribution >= 4 is 17.4 Å². The molecule has 2 aromatic rings. The van der Waals surface area contributed by atoms with Crippen molar-refractivity contribution in [3.63, 3.8) is 0 Å². The number of nitrogens with one attached hydrogen (secondary N) is 1. The Bertz CT molecular complexity index is 800. The molecule has 3 rings (SSSR count). The lowest BCUT2D eigenvalue weighted by Gasteiger charge is -2.12. The monoisotopic (exact) mass is 325 g/mol. The van der Waals surface area contributed by atoms with E-state index in [2.05, 4.69) is 20.3 Å². The zero-order valence-corrected chi connectivity index (χ0v) is 12.8. The van der Waals surface area contributed by atoms with Gasteiger partial charge in [-0.25, -0.2) is 14.4 Å². The minimum Gasteiger partial charge on any atom is -0.384 e. The molecule has 7 heteroatoms. The van der Waals surface area contributed by atoms with Crippen LogP contribution in [0.2, 0.25) is 0 Å². The number of carbonyl (C=O) groups is 1. The normalized spacial score (nSPS) is 16.1. The van der Waals surface area contributed by atoms with E-state index in [1.54, 1.807) is 30.6 Å². The number of amides is 1. The van der Waals surface area contributed by atoms with E-state index in [1.165, 1.54) is 24.7 Å². The van der Waals surface area contributed by atoms with Crippen LogP contribution in [0.4, 0.5) is 10.1 Å². The number of halogens is 1. The number of anilines is 1. The van der Waals surface area contributed by atoms with Gasteiger partial charge >= 0.3 is 0 Å². The van der Waals surface area contributed by atoms with Gasteiger partial charge in [0.05, 0.1) is 23.5 Å². The highest BCUT2D eigenvalue weighted by atomic mass is 19.1. The molecule has 24 heavy (non-hydrogen) atoms. The summed E-state index contributed by atoms with van der Waals surface area (Å²) in [4.78, 5) is 24.0. The van der Waals surface area contributed by atoms with Crippen LogP contribution < -0.4 is 11.1 Å². The Morgan fingerprint density at radius 1 is 1.29 bits per heavy atom. The van der Waals surface area contributed by atoms with Gasteiger partial charge in [-0.2, -0.15) is 4.99 Å². The summed E-state index contributed by atoms with van der Waals surface area (Å²) in [6.07, 6.45) is 8.75. The first kappa shape index (κ1) is 15.8. The van der Waals surface area contributed by atoms with E-state index < -0.39 is 17.1 Å². The number of hydrogen-bond acceptors (Lipinski definition) is 4. The van der Waals surface area contributed by atoms with Gasteiger partial charge in [-0.3, -0.25) is 4.79 Å². The maximum absolute atomic E-state index is 13.9. The molecular formula is C17H16FN5O. The van der Waals surface area contributed by atoms with Crippen LogP contribution in [0.1, 0.15) is 18.4 Å². The maximum atomic E-state index is 13.9. The van der Waals surface area contributed by atoms with Gasteiger partial charge in [0.2, 0.25) is 0 Å². The molecule has 1 aromatic heterocycles. The fraction of sp³-hybridized carbons (Fsp3) is 0.176. The molecule has 1 aromatic carbocycles. The fourth-order valence-electron chi connectivity index (χ4n) is 2.43. The van der Waals surface area contributed by atoms with Crippen molar-refractivity contribution in [2.75, 3.05) is 5.32 Å². The molecule has 0 aliphatic heterocycles. The summed E-state index contributed by atoms with van der Waals surface area (Å²) in [5.41, 5.74) is 5.95. The van der Waals surface area contributed by atoms with E-state index >= 15 is 0 Å². The molecule has 1 heterocycles. The highest BCUT2D eigenvalue weighted by Gasteiger charge is 2.52. The maximum Gasteiger partial charge on any atom is 0.258 e. The molecule has 0 bridgehead atoms. The van der Waals surface area contributed by atoms with Crippen molar-refractivity contribution in [2.45, 2.75) is 18.3 Å². The first-order chi connectivity index (χ1) is 11.6. The summed E-state index contributed by atoms with van der Waals surface area (Å²) >= 11 is 0. The lowest BCUT2D eigenvalue weighted by molar-refractivity contribution is -0.120. The van der Waals surface area contributed by atoms with Gasteiger partial charge in [-0.05, 0) is 25.0 Å². The Hall–Kier alpha value is -3.09. The molecule has 0 radical (unpaired) electrons. The number of nitrogens with two attached hydrogens (primary N) is 1. The van der Waals surface area contributed by atoms with E-state index in [0.717, 1.165) is 0 Å². The van der Waals surface area contributed by atoms with Crippen molar-refractivity contribution in [3.8, 4) is 0 Å². The third kappa shape index (κ3) is 3.29. The van der Waals surface area contributed by atoms with Crippen LogP contribution >= 0.6 is 0 Å². The molecule has 3 N–H and O–H groups in total. The van der Waals surface area contributed by atoms with Crippen molar-refractivity contribution in [3.05, 3.63) is 66.6 Å². The van der Waals surface area contributed by atoms with Crippen molar-refractivity contribution < 1.29 is 9.18 Å². The van der Waals surface area contributed by atoms with Crippen LogP contribution in [0, 0.1) is 5.82 Å². The molecule has 0 unspecified atom stereocenters. The van der Waals surface area contributed by atoms with Crippen molar-refractivity contribution in [2.24, 2.45) is 10.7 Å². The quantitative estimate of drug-likeness (QED) is 0.649. The molecule has 0 atom stereocenters. The Morgan fingerprint density at radius 3 is 2.67 bits per heavy atom. The van der Waals surface area contributed by atoms with Crippen LogP contribution in [0.3, 0.4) is 0 Å². The number of rotatable bonds is 5. The lowest BCUT2D eigenvalue weighted by atomic mass is 9.94. The Balaban J connectivity index is 1.69. The Labute approximate surface area is 138 Å². The predicted octanol–water partition coefficient (Wildman–Crippen LogP) is 2.16. The second-order valence-corrected chi connectivity index (χ2v) is 5.51. The van der Waals surface area contributed by atoms with Gasteiger partial charge in [-0.15, -0.1) is 0 Å². The smallest absolute Gasteiger partial charge is 0.258 e. The number of benzene rings is 1. The highest BCUT2D eigenvalue weighted by Crippen LogP contribution is 2.50. The molecule has 0 spiro atoms. The van der Waals surface area contributed by atoms with Gasteiger partial charge in [0.15, 0.2) is 0 Å². The topological polar surface area (TPSA) is 93.3 Å². The number of aromatic nitrogens is 2. The van der Waals surface area contributed by atoms with Gasteiger partial charge in [-0.1, -0.05) is 18.2 Å². The van der Waals surface area contributed by atoms with Crippen LogP contribution in [0.5, 0.6) is 0 Å². The number of hydrogen-bond donors (Lipinski definition) is 2. The molecular weight excluding hydrogens is 309 g/mol. The van der Waals surface area contributed by atoms with Crippen LogP contribution in [-0.4, -0.2) is 21.7 Å². The minimum absolute atomic E-state index is 0.0481. The summed E-state index contributed by atoms with van der Waals surface area (Å²) in [6, 6.07) is 6.28. The molecule has 1 aliphatic carbocycles. The first-order valence-electron chi connectivity index (χ1n) is 7.43. The first-order valence-corrected chi connectivity index (χ1v) is 7.43. The highest BCUT2D eigenvalue weighted by molar-refractivity contribution is 6.04. The van der Waals surface area contributed by atoms with Gasteiger partial charge in [0.25, 0.3) is 5.91 Å². The van der Waals surface area contributed by atoms with Crippen LogP contribution in [0.15, 0.2) is 60.3 Å². The number of nitrogens with zero attached hydrogens (tertiary/aromatic N) is 3. The predicted molar refractivity (Wildman–Crippen MR) is 88.7 cm³/mol. The zero-order valence-electron chi connectivity index (χ0n) is 12.8. The minimum atomic E-state index is -0.871. The van der Waals surface area contributed by atoms with Crippen molar-refractivity contribution in [1.29, 1.82) is 0 Å². The largest absolute Gasteiger partial charge is 0.384 e. The second-order valence-electron chi connectivity index (χ2n) is 5.51. The Morgan fingerprint density at radius 2 is 2.00 bits per heavy atom. The van der Waals surface area contributed by atoms with Crippen LogP contribution in [-0.2, 0) is 10.2 Å². The van der Waals surface area contributed by atoms with Crippen LogP contribution in [0.25, 0.3) is 0 Å². The number of carbonyl (C=O) groups excluding carboxylic acids is 1. The van der Waals surface area contributed by atoms with Gasteiger partial charge in [0, 0.05) is 11.8 Å². The standard InChI is InChI=1S/C17H16FN5O/c18-14-4-2-1-3-13(14)17(6-7-17)16(24)23-15(19)5-8-22-12-9-20-11-21-10-12/h1-5,8-11,22H,6-7H2,(H2,19,23,24)/b8-5-. The Kier molecular flexibility index (Phi) is 4.33. The molecule has 1 fully saturated rings. The molecule has 0 saturated heterocycles. The van der Waals surface area contributed by atoms with E-state index in [-0.39, 0.29) is 5.84 Å². The average molecular weight is 325 g/mol. The molecule has 1 amide bonds. The third-order valence-corrected chi connectivity index (χ3v) is 3.84. The van der Waals surface area contributed by atoms with E-state index in [1.807, 2.05) is 0 Å². The number of amidine groups is 1. The van der Waals surface area contributed by atoms with E-state index in [0.29, 0.717) is 24.1 Å².